The van der Waals surface area contributed by atoms with Gasteiger partial charge in [-0.25, -0.2) is 0 Å². The fraction of sp³-hybridized carbons (Fsp3) is 0.200. The number of nitrogens with zero attached hydrogens (tertiary/aromatic N) is 3. The molecule has 2 aromatic carbocycles. The number of hydrogen-bond donors (Lipinski definition) is 1. The first-order chi connectivity index (χ1) is 13.8. The van der Waals surface area contributed by atoms with Crippen molar-refractivity contribution in [2.24, 2.45) is 0 Å². The normalized spacial score (nSPS) is 10.6. The first-order valence-electron chi connectivity index (χ1n) is 8.72. The van der Waals surface area contributed by atoms with Crippen LogP contribution in [0, 0.1) is 24.0 Å². The summed E-state index contributed by atoms with van der Waals surface area (Å²) in [6.45, 7) is 3.64. The van der Waals surface area contributed by atoms with Gasteiger partial charge in [-0.05, 0) is 49.7 Å². The number of halogens is 1. The zero-order chi connectivity index (χ0) is 21.1. The molecule has 1 N–H and O–H groups in total. The first kappa shape index (κ1) is 20.3. The van der Waals surface area contributed by atoms with Crippen LogP contribution in [0.2, 0.25) is 5.02 Å². The molecule has 3 aromatic rings. The molecule has 0 saturated carbocycles. The number of amides is 1. The number of anilines is 1. The summed E-state index contributed by atoms with van der Waals surface area (Å²) in [5.74, 6) is 0.198. The van der Waals surface area contributed by atoms with Crippen molar-refractivity contribution in [2.75, 3.05) is 12.4 Å². The van der Waals surface area contributed by atoms with Gasteiger partial charge in [0, 0.05) is 10.6 Å². The highest BCUT2D eigenvalue weighted by Gasteiger charge is 2.21. The number of hydrogen-bond acceptors (Lipinski definition) is 5. The monoisotopic (exact) mass is 414 g/mol. The number of carbonyl (C=O) groups excluding carboxylic acids is 1. The number of nitrogens with one attached hydrogen (secondary N) is 1. The molecule has 9 heteroatoms. The highest BCUT2D eigenvalue weighted by atomic mass is 35.5. The van der Waals surface area contributed by atoms with Gasteiger partial charge in [-0.15, -0.1) is 0 Å². The first-order valence-corrected chi connectivity index (χ1v) is 9.10. The van der Waals surface area contributed by atoms with E-state index in [9.17, 15) is 14.9 Å². The maximum Gasteiger partial charge on any atom is 0.312 e. The van der Waals surface area contributed by atoms with Crippen molar-refractivity contribution in [1.29, 1.82) is 0 Å². The van der Waals surface area contributed by atoms with E-state index < -0.39 is 4.92 Å². The van der Waals surface area contributed by atoms with Gasteiger partial charge < -0.3 is 10.1 Å². The van der Waals surface area contributed by atoms with Crippen molar-refractivity contribution in [3.63, 3.8) is 0 Å². The molecule has 3 rings (SSSR count). The van der Waals surface area contributed by atoms with Crippen LogP contribution >= 0.6 is 11.6 Å². The van der Waals surface area contributed by atoms with Gasteiger partial charge in [0.2, 0.25) is 0 Å². The molecule has 0 aliphatic heterocycles. The third-order valence-electron chi connectivity index (χ3n) is 4.48. The van der Waals surface area contributed by atoms with Crippen LogP contribution in [0.3, 0.4) is 0 Å². The van der Waals surface area contributed by atoms with Crippen LogP contribution in [0.1, 0.15) is 27.3 Å². The lowest BCUT2D eigenvalue weighted by Crippen LogP contribution is -2.13. The summed E-state index contributed by atoms with van der Waals surface area (Å²) in [4.78, 5) is 23.2. The van der Waals surface area contributed by atoms with Crippen LogP contribution in [0.15, 0.2) is 42.5 Å². The molecule has 29 heavy (non-hydrogen) atoms. The van der Waals surface area contributed by atoms with Gasteiger partial charge in [0.1, 0.15) is 17.1 Å². The van der Waals surface area contributed by atoms with E-state index in [-0.39, 0.29) is 11.6 Å². The Balaban J connectivity index is 1.75. The second kappa shape index (κ2) is 8.32. The Kier molecular flexibility index (Phi) is 5.84. The van der Waals surface area contributed by atoms with Crippen molar-refractivity contribution >= 4 is 28.9 Å². The molecule has 150 valence electrons. The summed E-state index contributed by atoms with van der Waals surface area (Å²) in [5.41, 5.74) is 2.68. The van der Waals surface area contributed by atoms with Gasteiger partial charge in [-0.3, -0.25) is 19.6 Å². The average Bonchev–Trinajstić information content (AvgIpc) is 2.95. The molecule has 0 saturated heterocycles. The summed E-state index contributed by atoms with van der Waals surface area (Å²) in [6, 6.07) is 11.9. The van der Waals surface area contributed by atoms with Gasteiger partial charge in [0.05, 0.1) is 24.3 Å². The molecule has 0 fully saturated rings. The predicted molar refractivity (Wildman–Crippen MR) is 110 cm³/mol. The van der Waals surface area contributed by atoms with Crippen molar-refractivity contribution in [3.8, 4) is 5.75 Å². The van der Waals surface area contributed by atoms with Crippen LogP contribution < -0.4 is 10.1 Å². The van der Waals surface area contributed by atoms with Crippen molar-refractivity contribution in [2.45, 2.75) is 20.4 Å². The van der Waals surface area contributed by atoms with Gasteiger partial charge >= 0.3 is 5.69 Å². The lowest BCUT2D eigenvalue weighted by molar-refractivity contribution is -0.386. The molecule has 0 unspecified atom stereocenters. The number of methoxy groups -OCH3 is 1. The van der Waals surface area contributed by atoms with Crippen molar-refractivity contribution in [3.05, 3.63) is 80.1 Å². The lowest BCUT2D eigenvalue weighted by Gasteiger charge is -2.11. The lowest BCUT2D eigenvalue weighted by atomic mass is 10.1. The standard InChI is InChI=1S/C20H19ClN4O4/c1-12-19(25(27)28)13(2)24(23-12)11-14-4-6-15(7-5-14)20(26)22-17-10-16(21)8-9-18(17)29-3/h4-10H,11H2,1-3H3,(H,22,26). The number of aromatic nitrogens is 2. The fourth-order valence-electron chi connectivity index (χ4n) is 3.01. The average molecular weight is 415 g/mol. The smallest absolute Gasteiger partial charge is 0.312 e. The van der Waals surface area contributed by atoms with Crippen molar-refractivity contribution in [1.82, 2.24) is 9.78 Å². The highest BCUT2D eigenvalue weighted by Crippen LogP contribution is 2.28. The molecule has 0 atom stereocenters. The summed E-state index contributed by atoms with van der Waals surface area (Å²) in [6.07, 6.45) is 0. The molecule has 0 radical (unpaired) electrons. The largest absolute Gasteiger partial charge is 0.495 e. The van der Waals surface area contributed by atoms with E-state index in [1.54, 1.807) is 61.0 Å². The summed E-state index contributed by atoms with van der Waals surface area (Å²) in [7, 11) is 1.51. The zero-order valence-electron chi connectivity index (χ0n) is 16.1. The third-order valence-corrected chi connectivity index (χ3v) is 4.72. The van der Waals surface area contributed by atoms with Gasteiger partial charge in [-0.1, -0.05) is 23.7 Å². The minimum atomic E-state index is -0.425. The summed E-state index contributed by atoms with van der Waals surface area (Å²) in [5, 5.41) is 18.6. The van der Waals surface area contributed by atoms with E-state index >= 15 is 0 Å². The molecule has 0 bridgehead atoms. The van der Waals surface area contributed by atoms with E-state index in [2.05, 4.69) is 10.4 Å². The third kappa shape index (κ3) is 4.38. The fourth-order valence-corrected chi connectivity index (χ4v) is 3.18. The zero-order valence-corrected chi connectivity index (χ0v) is 16.9. The molecule has 0 spiro atoms. The van der Waals surface area contributed by atoms with Gasteiger partial charge in [-0.2, -0.15) is 5.10 Å². The molecule has 8 nitrogen and oxygen atoms in total. The molecule has 1 amide bonds. The SMILES string of the molecule is COc1ccc(Cl)cc1NC(=O)c1ccc(Cn2nc(C)c([N+](=O)[O-])c2C)cc1. The van der Waals surface area contributed by atoms with E-state index in [0.29, 0.717) is 40.0 Å². The van der Waals surface area contributed by atoms with E-state index in [0.717, 1.165) is 5.56 Å². The maximum absolute atomic E-state index is 12.5. The number of ether oxygens (including phenoxy) is 1. The Hall–Kier alpha value is -3.39. The second-order valence-corrected chi connectivity index (χ2v) is 6.87. The molecule has 1 aromatic heterocycles. The molecule has 0 aliphatic carbocycles. The number of benzene rings is 2. The highest BCUT2D eigenvalue weighted by molar-refractivity contribution is 6.31. The molecular weight excluding hydrogens is 396 g/mol. The van der Waals surface area contributed by atoms with Crippen molar-refractivity contribution < 1.29 is 14.5 Å². The van der Waals surface area contributed by atoms with E-state index in [4.69, 9.17) is 16.3 Å². The number of aryl methyl sites for hydroxylation is 1. The predicted octanol–water partition coefficient (Wildman–Crippen LogP) is 4.37. The van der Waals surface area contributed by atoms with Crippen LogP contribution in [0.4, 0.5) is 11.4 Å². The summed E-state index contributed by atoms with van der Waals surface area (Å²) < 4.78 is 6.81. The molecule has 0 aliphatic rings. The molecule has 1 heterocycles. The molecular formula is C20H19ClN4O4. The van der Waals surface area contributed by atoms with Crippen LogP contribution in [0.5, 0.6) is 5.75 Å². The van der Waals surface area contributed by atoms with Crippen LogP contribution in [0.25, 0.3) is 0 Å². The minimum absolute atomic E-state index is 0.0245. The van der Waals surface area contributed by atoms with Crippen LogP contribution in [-0.2, 0) is 6.54 Å². The van der Waals surface area contributed by atoms with Crippen LogP contribution in [-0.4, -0.2) is 27.7 Å². The van der Waals surface area contributed by atoms with E-state index in [1.165, 1.54) is 7.11 Å². The maximum atomic E-state index is 12.5. The quantitative estimate of drug-likeness (QED) is 0.477. The van der Waals surface area contributed by atoms with E-state index in [1.807, 2.05) is 0 Å². The Morgan fingerprint density at radius 2 is 1.93 bits per heavy atom. The Morgan fingerprint density at radius 3 is 2.52 bits per heavy atom. The topological polar surface area (TPSA) is 99.3 Å². The second-order valence-electron chi connectivity index (χ2n) is 6.43. The number of carbonyl (C=O) groups is 1. The van der Waals surface area contributed by atoms with Gasteiger partial charge in [0.15, 0.2) is 0 Å². The van der Waals surface area contributed by atoms with Gasteiger partial charge in [0.25, 0.3) is 5.91 Å². The minimum Gasteiger partial charge on any atom is -0.495 e. The number of nitro groups is 1. The Morgan fingerprint density at radius 1 is 1.24 bits per heavy atom. The summed E-state index contributed by atoms with van der Waals surface area (Å²) >= 11 is 5.99. The Bertz CT molecular complexity index is 1080. The number of rotatable bonds is 6. The Labute approximate surface area is 172 Å².